The molecule has 2 aromatic rings. The van der Waals surface area contributed by atoms with Crippen LogP contribution in [0.2, 0.25) is 5.15 Å². The molecule has 5 heteroatoms. The van der Waals surface area contributed by atoms with Crippen LogP contribution in [-0.2, 0) is 0 Å². The molecule has 4 nitrogen and oxygen atoms in total. The first kappa shape index (κ1) is 11.7. The summed E-state index contributed by atoms with van der Waals surface area (Å²) in [5.41, 5.74) is 0. The zero-order valence-corrected chi connectivity index (χ0v) is 11.0. The molecule has 1 aliphatic rings. The second-order valence-corrected chi connectivity index (χ2v) is 5.14. The third-order valence-corrected chi connectivity index (χ3v) is 3.65. The standard InChI is InChI=1S/C13H15ClN4/c1-18-7-6-9(8-18)15-13-11-5-3-2-4-10(11)12(14)16-17-13/h2-5,9H,6-8H2,1H3,(H,15,17)/t9-/m1/s1. The second kappa shape index (κ2) is 4.71. The van der Waals surface area contributed by atoms with Gasteiger partial charge in [-0.2, -0.15) is 0 Å². The van der Waals surface area contributed by atoms with E-state index in [9.17, 15) is 0 Å². The lowest BCUT2D eigenvalue weighted by atomic mass is 10.2. The number of anilines is 1. The van der Waals surface area contributed by atoms with E-state index in [1.54, 1.807) is 0 Å². The van der Waals surface area contributed by atoms with Gasteiger partial charge < -0.3 is 10.2 Å². The smallest absolute Gasteiger partial charge is 0.159 e. The lowest BCUT2D eigenvalue weighted by Crippen LogP contribution is -2.24. The summed E-state index contributed by atoms with van der Waals surface area (Å²) >= 11 is 6.06. The number of likely N-dealkylation sites (tertiary alicyclic amines) is 1. The Bertz CT molecular complexity index is 572. The number of benzene rings is 1. The number of hydrogen-bond acceptors (Lipinski definition) is 4. The summed E-state index contributed by atoms with van der Waals surface area (Å²) in [6, 6.07) is 8.39. The molecule has 0 bridgehead atoms. The average molecular weight is 263 g/mol. The maximum atomic E-state index is 6.06. The molecule has 1 saturated heterocycles. The molecule has 3 rings (SSSR count). The van der Waals surface area contributed by atoms with Crippen LogP contribution in [0.4, 0.5) is 5.82 Å². The van der Waals surface area contributed by atoms with E-state index in [2.05, 4.69) is 27.5 Å². The number of nitrogens with zero attached hydrogens (tertiary/aromatic N) is 3. The summed E-state index contributed by atoms with van der Waals surface area (Å²) in [6.07, 6.45) is 1.13. The van der Waals surface area contributed by atoms with Crippen LogP contribution in [0.1, 0.15) is 6.42 Å². The summed E-state index contributed by atoms with van der Waals surface area (Å²) in [4.78, 5) is 2.31. The van der Waals surface area contributed by atoms with E-state index < -0.39 is 0 Å². The highest BCUT2D eigenvalue weighted by Crippen LogP contribution is 2.26. The largest absolute Gasteiger partial charge is 0.364 e. The summed E-state index contributed by atoms with van der Waals surface area (Å²) in [7, 11) is 2.13. The second-order valence-electron chi connectivity index (χ2n) is 4.78. The average Bonchev–Trinajstić information content (AvgIpc) is 2.79. The van der Waals surface area contributed by atoms with Crippen molar-refractivity contribution >= 4 is 28.2 Å². The van der Waals surface area contributed by atoms with Gasteiger partial charge in [0.05, 0.1) is 0 Å². The number of nitrogens with one attached hydrogen (secondary N) is 1. The minimum atomic E-state index is 0.439. The van der Waals surface area contributed by atoms with Gasteiger partial charge in [0, 0.05) is 23.4 Å². The van der Waals surface area contributed by atoms with E-state index in [0.29, 0.717) is 11.2 Å². The Hall–Kier alpha value is -1.39. The molecule has 0 spiro atoms. The first-order chi connectivity index (χ1) is 8.74. The van der Waals surface area contributed by atoms with Crippen LogP contribution in [0.3, 0.4) is 0 Å². The Morgan fingerprint density at radius 2 is 2.06 bits per heavy atom. The Morgan fingerprint density at radius 1 is 1.28 bits per heavy atom. The number of fused-ring (bicyclic) bond motifs is 1. The van der Waals surface area contributed by atoms with Crippen molar-refractivity contribution in [3.8, 4) is 0 Å². The lowest BCUT2D eigenvalue weighted by Gasteiger charge is -2.14. The maximum absolute atomic E-state index is 6.06. The highest BCUT2D eigenvalue weighted by atomic mass is 35.5. The van der Waals surface area contributed by atoms with Crippen molar-refractivity contribution in [3.63, 3.8) is 0 Å². The molecule has 94 valence electrons. The minimum absolute atomic E-state index is 0.439. The molecule has 1 atom stereocenters. The van der Waals surface area contributed by atoms with Crippen LogP contribution in [0, 0.1) is 0 Å². The van der Waals surface area contributed by atoms with E-state index in [0.717, 1.165) is 36.1 Å². The molecule has 0 aliphatic carbocycles. The van der Waals surface area contributed by atoms with Crippen LogP contribution < -0.4 is 5.32 Å². The van der Waals surface area contributed by atoms with Gasteiger partial charge in [-0.25, -0.2) is 0 Å². The van der Waals surface area contributed by atoms with E-state index >= 15 is 0 Å². The fourth-order valence-corrected chi connectivity index (χ4v) is 2.63. The van der Waals surface area contributed by atoms with Gasteiger partial charge in [-0.05, 0) is 20.0 Å². The van der Waals surface area contributed by atoms with Gasteiger partial charge in [0.25, 0.3) is 0 Å². The normalized spacial score (nSPS) is 20.4. The highest BCUT2D eigenvalue weighted by molar-refractivity contribution is 6.34. The molecule has 0 saturated carbocycles. The number of aromatic nitrogens is 2. The predicted molar refractivity (Wildman–Crippen MR) is 74.1 cm³/mol. The van der Waals surface area contributed by atoms with Crippen LogP contribution in [-0.4, -0.2) is 41.3 Å². The molecule has 1 fully saturated rings. The minimum Gasteiger partial charge on any atom is -0.364 e. The zero-order valence-electron chi connectivity index (χ0n) is 10.2. The summed E-state index contributed by atoms with van der Waals surface area (Å²) in [5.74, 6) is 0.829. The van der Waals surface area contributed by atoms with Crippen LogP contribution >= 0.6 is 11.6 Å². The van der Waals surface area contributed by atoms with Crippen molar-refractivity contribution in [2.24, 2.45) is 0 Å². The number of rotatable bonds is 2. The predicted octanol–water partition coefficient (Wildman–Crippen LogP) is 2.40. The van der Waals surface area contributed by atoms with Gasteiger partial charge in [0.2, 0.25) is 0 Å². The van der Waals surface area contributed by atoms with Gasteiger partial charge in [0.15, 0.2) is 11.0 Å². The summed E-state index contributed by atoms with van der Waals surface area (Å²) in [5, 5.41) is 14.1. The summed E-state index contributed by atoms with van der Waals surface area (Å²) in [6.45, 7) is 2.16. The molecule has 1 aliphatic heterocycles. The quantitative estimate of drug-likeness (QED) is 0.902. The van der Waals surface area contributed by atoms with Crippen molar-refractivity contribution in [2.45, 2.75) is 12.5 Å². The fourth-order valence-electron chi connectivity index (χ4n) is 2.42. The molecular formula is C13H15ClN4. The molecule has 1 aromatic carbocycles. The Labute approximate surface area is 111 Å². The fraction of sp³-hybridized carbons (Fsp3) is 0.385. The molecule has 1 N–H and O–H groups in total. The van der Waals surface area contributed by atoms with E-state index in [1.807, 2.05) is 24.3 Å². The number of likely N-dealkylation sites (N-methyl/N-ethyl adjacent to an activating group) is 1. The third kappa shape index (κ3) is 2.13. The van der Waals surface area contributed by atoms with Crippen molar-refractivity contribution < 1.29 is 0 Å². The van der Waals surface area contributed by atoms with Gasteiger partial charge in [0.1, 0.15) is 0 Å². The number of hydrogen-bond donors (Lipinski definition) is 1. The Kier molecular flexibility index (Phi) is 3.06. The molecule has 1 aromatic heterocycles. The first-order valence-corrected chi connectivity index (χ1v) is 6.48. The summed E-state index contributed by atoms with van der Waals surface area (Å²) < 4.78 is 0. The van der Waals surface area contributed by atoms with Crippen molar-refractivity contribution in [1.82, 2.24) is 15.1 Å². The van der Waals surface area contributed by atoms with Gasteiger partial charge in [-0.15, -0.1) is 10.2 Å². The highest BCUT2D eigenvalue weighted by Gasteiger charge is 2.20. The zero-order chi connectivity index (χ0) is 12.5. The van der Waals surface area contributed by atoms with E-state index in [1.165, 1.54) is 0 Å². The Balaban J connectivity index is 1.95. The first-order valence-electron chi connectivity index (χ1n) is 6.10. The monoisotopic (exact) mass is 262 g/mol. The van der Waals surface area contributed by atoms with Gasteiger partial charge in [-0.3, -0.25) is 0 Å². The molecule has 0 unspecified atom stereocenters. The topological polar surface area (TPSA) is 41.0 Å². The van der Waals surface area contributed by atoms with Crippen LogP contribution in [0.15, 0.2) is 24.3 Å². The lowest BCUT2D eigenvalue weighted by molar-refractivity contribution is 0.414. The molecule has 18 heavy (non-hydrogen) atoms. The van der Waals surface area contributed by atoms with Gasteiger partial charge in [-0.1, -0.05) is 35.9 Å². The number of halogens is 1. The van der Waals surface area contributed by atoms with Crippen LogP contribution in [0.25, 0.3) is 10.8 Å². The molecule has 0 radical (unpaired) electrons. The molecule has 0 amide bonds. The van der Waals surface area contributed by atoms with Crippen molar-refractivity contribution in [1.29, 1.82) is 0 Å². The van der Waals surface area contributed by atoms with Crippen LogP contribution in [0.5, 0.6) is 0 Å². The van der Waals surface area contributed by atoms with E-state index in [4.69, 9.17) is 11.6 Å². The SMILES string of the molecule is CN1CC[C@@H](Nc2nnc(Cl)c3ccccc23)C1. The van der Waals surface area contributed by atoms with E-state index in [-0.39, 0.29) is 0 Å². The van der Waals surface area contributed by atoms with Crippen molar-refractivity contribution in [2.75, 3.05) is 25.5 Å². The van der Waals surface area contributed by atoms with Gasteiger partial charge >= 0.3 is 0 Å². The molecule has 2 heterocycles. The van der Waals surface area contributed by atoms with Crippen molar-refractivity contribution in [3.05, 3.63) is 29.4 Å². The third-order valence-electron chi connectivity index (χ3n) is 3.37. The molecular weight excluding hydrogens is 248 g/mol. The Morgan fingerprint density at radius 3 is 2.78 bits per heavy atom. The maximum Gasteiger partial charge on any atom is 0.159 e.